The fourth-order valence-electron chi connectivity index (χ4n) is 1.59. The van der Waals surface area contributed by atoms with E-state index in [1.54, 1.807) is 6.92 Å². The largest absolute Gasteiger partial charge is 0.487 e. The first-order valence-electron chi connectivity index (χ1n) is 4.46. The van der Waals surface area contributed by atoms with Crippen molar-refractivity contribution in [2.24, 2.45) is 0 Å². The molecule has 1 aliphatic heterocycles. The van der Waals surface area contributed by atoms with Crippen molar-refractivity contribution in [3.63, 3.8) is 0 Å². The van der Waals surface area contributed by atoms with Crippen LogP contribution in [0.1, 0.15) is 12.5 Å². The van der Waals surface area contributed by atoms with Crippen molar-refractivity contribution in [1.29, 1.82) is 0 Å². The highest BCUT2D eigenvalue weighted by molar-refractivity contribution is 9.10. The third kappa shape index (κ3) is 1.65. The van der Waals surface area contributed by atoms with E-state index in [0.717, 1.165) is 21.4 Å². The van der Waals surface area contributed by atoms with Gasteiger partial charge in [0, 0.05) is 5.56 Å². The van der Waals surface area contributed by atoms with Crippen LogP contribution >= 0.6 is 15.9 Å². The predicted octanol–water partition coefficient (Wildman–Crippen LogP) is 2.70. The van der Waals surface area contributed by atoms with Gasteiger partial charge in [0.25, 0.3) is 0 Å². The predicted molar refractivity (Wildman–Crippen MR) is 59.9 cm³/mol. The monoisotopic (exact) mass is 268 g/mol. The molecule has 0 radical (unpaired) electrons. The lowest BCUT2D eigenvalue weighted by molar-refractivity contribution is -0.133. The Bertz CT molecular complexity index is 463. The van der Waals surface area contributed by atoms with Gasteiger partial charge in [-0.25, -0.2) is 4.79 Å². The summed E-state index contributed by atoms with van der Waals surface area (Å²) in [6.45, 7) is 1.92. The molecule has 1 heterocycles. The topological polar surface area (TPSA) is 46.5 Å². The Kier molecular flexibility index (Phi) is 2.52. The Morgan fingerprint density at radius 2 is 2.27 bits per heavy atom. The molecule has 15 heavy (non-hydrogen) atoms. The molecule has 0 aromatic heterocycles. The second-order valence-corrected chi connectivity index (χ2v) is 4.17. The van der Waals surface area contributed by atoms with Crippen LogP contribution in [0.2, 0.25) is 0 Å². The maximum absolute atomic E-state index is 10.9. The number of halogens is 1. The molecule has 0 unspecified atom stereocenters. The number of fused-ring (bicyclic) bond motifs is 1. The van der Waals surface area contributed by atoms with Gasteiger partial charge in [0.1, 0.15) is 12.4 Å². The van der Waals surface area contributed by atoms with Crippen LogP contribution in [0.15, 0.2) is 28.2 Å². The Morgan fingerprint density at radius 1 is 1.53 bits per heavy atom. The highest BCUT2D eigenvalue weighted by atomic mass is 79.9. The molecular weight excluding hydrogens is 260 g/mol. The van der Waals surface area contributed by atoms with Crippen molar-refractivity contribution < 1.29 is 14.6 Å². The number of carboxylic acid groups (broad SMARTS) is 1. The highest BCUT2D eigenvalue weighted by Crippen LogP contribution is 2.37. The number of benzene rings is 1. The molecule has 78 valence electrons. The smallest absolute Gasteiger partial charge is 0.335 e. The Balaban J connectivity index is 2.62. The SMILES string of the molecule is CC1=C(C(=O)O)COc2c(Br)cccc21. The Labute approximate surface area is 95.5 Å². The Hall–Kier alpha value is -1.29. The lowest BCUT2D eigenvalue weighted by atomic mass is 9.99. The number of aliphatic carboxylic acids is 1. The molecule has 0 spiro atoms. The quantitative estimate of drug-likeness (QED) is 0.852. The van der Waals surface area contributed by atoms with Gasteiger partial charge >= 0.3 is 5.97 Å². The van der Waals surface area contributed by atoms with E-state index in [0.29, 0.717) is 5.57 Å². The van der Waals surface area contributed by atoms with Gasteiger partial charge in [-0.15, -0.1) is 0 Å². The van der Waals surface area contributed by atoms with Gasteiger partial charge in [-0.05, 0) is 34.5 Å². The summed E-state index contributed by atoms with van der Waals surface area (Å²) in [5.41, 5.74) is 1.93. The van der Waals surface area contributed by atoms with Gasteiger partial charge in [0.2, 0.25) is 0 Å². The molecule has 0 fully saturated rings. The summed E-state index contributed by atoms with van der Waals surface area (Å²) in [5, 5.41) is 8.95. The molecule has 0 amide bonds. The zero-order chi connectivity index (χ0) is 11.0. The minimum absolute atomic E-state index is 0.122. The molecule has 1 aliphatic rings. The molecule has 1 aromatic carbocycles. The number of para-hydroxylation sites is 1. The van der Waals surface area contributed by atoms with Gasteiger partial charge in [-0.2, -0.15) is 0 Å². The molecule has 1 N–H and O–H groups in total. The fourth-order valence-corrected chi connectivity index (χ4v) is 2.07. The van der Waals surface area contributed by atoms with Crippen molar-refractivity contribution in [1.82, 2.24) is 0 Å². The van der Waals surface area contributed by atoms with Crippen LogP contribution < -0.4 is 4.74 Å². The second-order valence-electron chi connectivity index (χ2n) is 3.31. The van der Waals surface area contributed by atoms with Crippen molar-refractivity contribution in [3.05, 3.63) is 33.8 Å². The minimum atomic E-state index is -0.918. The van der Waals surface area contributed by atoms with Crippen LogP contribution in [0.5, 0.6) is 5.75 Å². The minimum Gasteiger partial charge on any atom is -0.487 e. The molecule has 4 heteroatoms. The molecule has 0 atom stereocenters. The number of allylic oxidation sites excluding steroid dienone is 1. The van der Waals surface area contributed by atoms with Crippen molar-refractivity contribution >= 4 is 27.5 Å². The van der Waals surface area contributed by atoms with E-state index >= 15 is 0 Å². The zero-order valence-electron chi connectivity index (χ0n) is 8.08. The fraction of sp³-hybridized carbons (Fsp3) is 0.182. The Morgan fingerprint density at radius 3 is 2.93 bits per heavy atom. The second kappa shape index (κ2) is 3.70. The molecular formula is C11H9BrO3. The van der Waals surface area contributed by atoms with Crippen LogP contribution in [0.4, 0.5) is 0 Å². The van der Waals surface area contributed by atoms with Gasteiger partial charge in [-0.1, -0.05) is 12.1 Å². The van der Waals surface area contributed by atoms with E-state index in [1.807, 2.05) is 18.2 Å². The van der Waals surface area contributed by atoms with E-state index in [1.165, 1.54) is 0 Å². The van der Waals surface area contributed by atoms with Crippen LogP contribution in [0.3, 0.4) is 0 Å². The first kappa shape index (κ1) is 10.2. The average Bonchev–Trinajstić information content (AvgIpc) is 2.19. The molecule has 2 rings (SSSR count). The molecule has 0 saturated heterocycles. The molecule has 0 aliphatic carbocycles. The van der Waals surface area contributed by atoms with Crippen molar-refractivity contribution in [2.45, 2.75) is 6.92 Å². The van der Waals surface area contributed by atoms with Crippen LogP contribution in [0.25, 0.3) is 5.57 Å². The van der Waals surface area contributed by atoms with Crippen LogP contribution in [0, 0.1) is 0 Å². The number of ether oxygens (including phenoxy) is 1. The summed E-state index contributed by atoms with van der Waals surface area (Å²) in [7, 11) is 0. The summed E-state index contributed by atoms with van der Waals surface area (Å²) in [6.07, 6.45) is 0. The van der Waals surface area contributed by atoms with E-state index in [-0.39, 0.29) is 6.61 Å². The maximum Gasteiger partial charge on any atom is 0.335 e. The van der Waals surface area contributed by atoms with E-state index in [2.05, 4.69) is 15.9 Å². The maximum atomic E-state index is 10.9. The molecule has 3 nitrogen and oxygen atoms in total. The molecule has 1 aromatic rings. The van der Waals surface area contributed by atoms with E-state index < -0.39 is 5.97 Å². The summed E-state index contributed by atoms with van der Waals surface area (Å²) in [6, 6.07) is 5.59. The summed E-state index contributed by atoms with van der Waals surface area (Å²) in [5.74, 6) is -0.196. The third-order valence-corrected chi connectivity index (χ3v) is 3.07. The molecule has 0 bridgehead atoms. The summed E-state index contributed by atoms with van der Waals surface area (Å²) < 4.78 is 6.26. The standard InChI is InChI=1S/C11H9BrO3/c1-6-7-3-2-4-9(12)10(7)15-5-8(6)11(13)14/h2-4H,5H2,1H3,(H,13,14). The average molecular weight is 269 g/mol. The number of carbonyl (C=O) groups is 1. The summed E-state index contributed by atoms with van der Waals surface area (Å²) >= 11 is 3.37. The van der Waals surface area contributed by atoms with Gasteiger partial charge in [0.05, 0.1) is 10.0 Å². The van der Waals surface area contributed by atoms with E-state index in [9.17, 15) is 4.79 Å². The van der Waals surface area contributed by atoms with Crippen molar-refractivity contribution in [2.75, 3.05) is 6.61 Å². The molecule has 0 saturated carbocycles. The van der Waals surface area contributed by atoms with Gasteiger partial charge < -0.3 is 9.84 Å². The van der Waals surface area contributed by atoms with Crippen molar-refractivity contribution in [3.8, 4) is 5.75 Å². The third-order valence-electron chi connectivity index (χ3n) is 2.44. The normalized spacial score (nSPS) is 14.5. The summed E-state index contributed by atoms with van der Waals surface area (Å²) in [4.78, 5) is 10.9. The van der Waals surface area contributed by atoms with Crippen LogP contribution in [-0.2, 0) is 4.79 Å². The van der Waals surface area contributed by atoms with Crippen LogP contribution in [-0.4, -0.2) is 17.7 Å². The lowest BCUT2D eigenvalue weighted by Gasteiger charge is -2.20. The first-order chi connectivity index (χ1) is 7.11. The highest BCUT2D eigenvalue weighted by Gasteiger charge is 2.22. The zero-order valence-corrected chi connectivity index (χ0v) is 9.67. The van der Waals surface area contributed by atoms with Gasteiger partial charge in [-0.3, -0.25) is 0 Å². The lowest BCUT2D eigenvalue weighted by Crippen LogP contribution is -2.17. The first-order valence-corrected chi connectivity index (χ1v) is 5.25. The van der Waals surface area contributed by atoms with E-state index in [4.69, 9.17) is 9.84 Å². The van der Waals surface area contributed by atoms with Gasteiger partial charge in [0.15, 0.2) is 0 Å². The number of hydrogen-bond acceptors (Lipinski definition) is 2. The number of carboxylic acids is 1. The number of rotatable bonds is 1. The number of hydrogen-bond donors (Lipinski definition) is 1.